The predicted octanol–water partition coefficient (Wildman–Crippen LogP) is -0.840. The Hall–Kier alpha value is -1.45. The summed E-state index contributed by atoms with van der Waals surface area (Å²) in [4.78, 5) is 31.9. The van der Waals surface area contributed by atoms with Crippen molar-refractivity contribution < 1.29 is 40.7 Å². The van der Waals surface area contributed by atoms with Gasteiger partial charge in [0.25, 0.3) is 32.1 Å². The molecule has 1 fully saturated rings. The van der Waals surface area contributed by atoms with Crippen LogP contribution in [-0.4, -0.2) is 96.7 Å². The molecule has 3 N–H and O–H groups in total. The van der Waals surface area contributed by atoms with E-state index in [1.165, 1.54) is 0 Å². The van der Waals surface area contributed by atoms with Crippen molar-refractivity contribution in [3.63, 3.8) is 0 Å². The van der Waals surface area contributed by atoms with Gasteiger partial charge in [0.15, 0.2) is 0 Å². The summed E-state index contributed by atoms with van der Waals surface area (Å²) in [6.07, 6.45) is -0.515. The van der Waals surface area contributed by atoms with Crippen LogP contribution in [0.2, 0.25) is 0 Å². The van der Waals surface area contributed by atoms with Crippen LogP contribution in [0.1, 0.15) is 19.8 Å². The van der Waals surface area contributed by atoms with Crippen LogP contribution in [-0.2, 0) is 29.8 Å². The van der Waals surface area contributed by atoms with E-state index in [0.717, 1.165) is 26.1 Å². The van der Waals surface area contributed by atoms with E-state index in [1.54, 1.807) is 0 Å². The Bertz CT molecular complexity index is 788. The summed E-state index contributed by atoms with van der Waals surface area (Å²) in [5.74, 6) is -3.73. The maximum absolute atomic E-state index is 11.1. The van der Waals surface area contributed by atoms with Gasteiger partial charge >= 0.3 is 4.08 Å². The molecule has 0 atom stereocenters. The minimum absolute atomic E-state index is 0. The number of aliphatic imine (C=N–C) groups is 2. The summed E-state index contributed by atoms with van der Waals surface area (Å²) in [7, 11) is -7.18. The first-order valence-corrected chi connectivity index (χ1v) is 10.3. The lowest BCUT2D eigenvalue weighted by Gasteiger charge is -2.17. The SMILES string of the molecule is CCN=C=NCCCN(C)C.Cl.O=C1CC(S(=O)(=O)O)(S(=O)(=O)O)C(=O)N1O. The molecule has 1 aliphatic heterocycles. The fourth-order valence-electron chi connectivity index (χ4n) is 1.80. The van der Waals surface area contributed by atoms with E-state index in [4.69, 9.17) is 14.3 Å². The van der Waals surface area contributed by atoms with Gasteiger partial charge in [0, 0.05) is 6.54 Å². The molecule has 0 bridgehead atoms. The summed E-state index contributed by atoms with van der Waals surface area (Å²) >= 11 is 0. The highest BCUT2D eigenvalue weighted by Crippen LogP contribution is 2.35. The minimum Gasteiger partial charge on any atom is -0.309 e. The van der Waals surface area contributed by atoms with E-state index in [9.17, 15) is 26.4 Å². The quantitative estimate of drug-likeness (QED) is 0.140. The number of amides is 2. The smallest absolute Gasteiger partial charge is 0.309 e. The van der Waals surface area contributed by atoms with Gasteiger partial charge in [-0.1, -0.05) is 0 Å². The van der Waals surface area contributed by atoms with Crippen molar-refractivity contribution in [2.75, 3.05) is 33.7 Å². The number of rotatable bonds is 7. The summed E-state index contributed by atoms with van der Waals surface area (Å²) in [6.45, 7) is 4.67. The molecule has 0 aromatic rings. The standard InChI is InChI=1S/C8H17N3.C4H5NO9S2.ClH/c1-4-9-8-10-6-5-7-11(2)3;6-2-1-4(15(9,10)11,16(12,13)14)3(7)5(2)8;/h4-7H2,1-3H3;8H,1H2,(H,9,10,11)(H,12,13,14);1H. The second kappa shape index (κ2) is 11.5. The molecule has 28 heavy (non-hydrogen) atoms. The Labute approximate surface area is 169 Å². The number of imide groups is 1. The van der Waals surface area contributed by atoms with E-state index in [-0.39, 0.29) is 12.4 Å². The van der Waals surface area contributed by atoms with Gasteiger partial charge in [0.2, 0.25) is 0 Å². The molecule has 13 nitrogen and oxygen atoms in total. The molecule has 0 unspecified atom stereocenters. The van der Waals surface area contributed by atoms with Gasteiger partial charge in [-0.25, -0.2) is 9.98 Å². The molecule has 0 aromatic heterocycles. The zero-order valence-corrected chi connectivity index (χ0v) is 17.8. The van der Waals surface area contributed by atoms with Crippen molar-refractivity contribution >= 4 is 50.5 Å². The average molecular weight is 467 g/mol. The number of hydrogen-bond acceptors (Lipinski definition) is 10. The molecule has 1 heterocycles. The number of carbonyl (C=O) groups is 2. The van der Waals surface area contributed by atoms with Gasteiger partial charge in [0.1, 0.15) is 0 Å². The van der Waals surface area contributed by atoms with E-state index < -0.39 is 47.6 Å². The van der Waals surface area contributed by atoms with Crippen LogP contribution < -0.4 is 0 Å². The van der Waals surface area contributed by atoms with Crippen LogP contribution in [0.25, 0.3) is 0 Å². The number of carbonyl (C=O) groups excluding carboxylic acids is 2. The molecule has 1 aliphatic rings. The largest absolute Gasteiger partial charge is 0.310 e. The summed E-state index contributed by atoms with van der Waals surface area (Å²) < 4.78 is 56.7. The summed E-state index contributed by atoms with van der Waals surface area (Å²) in [6, 6.07) is 2.64. The summed E-state index contributed by atoms with van der Waals surface area (Å²) in [5.41, 5.74) is 0. The molecule has 0 saturated carbocycles. The molecule has 16 heteroatoms. The lowest BCUT2D eigenvalue weighted by molar-refractivity contribution is -0.171. The zero-order chi connectivity index (χ0) is 21.5. The first kappa shape index (κ1) is 28.8. The van der Waals surface area contributed by atoms with Crippen LogP contribution >= 0.6 is 12.4 Å². The maximum atomic E-state index is 11.1. The lowest BCUT2D eigenvalue weighted by atomic mass is 10.3. The molecule has 1 rings (SSSR count). The second-order valence-electron chi connectivity index (χ2n) is 5.50. The Morgan fingerprint density at radius 1 is 1.14 bits per heavy atom. The third-order valence-corrected chi connectivity index (χ3v) is 6.71. The maximum Gasteiger partial charge on any atom is 0.310 e. The minimum atomic E-state index is -5.65. The lowest BCUT2D eigenvalue weighted by Crippen LogP contribution is -2.51. The Morgan fingerprint density at radius 2 is 1.64 bits per heavy atom. The first-order chi connectivity index (χ1) is 12.2. The summed E-state index contributed by atoms with van der Waals surface area (Å²) in [5, 5.41) is 7.92. The normalized spacial score (nSPS) is 16.0. The van der Waals surface area contributed by atoms with E-state index >= 15 is 0 Å². The van der Waals surface area contributed by atoms with Crippen LogP contribution in [0.4, 0.5) is 0 Å². The Morgan fingerprint density at radius 3 is 1.93 bits per heavy atom. The van der Waals surface area contributed by atoms with Gasteiger partial charge < -0.3 is 4.90 Å². The van der Waals surface area contributed by atoms with E-state index in [2.05, 4.69) is 35.0 Å². The highest BCUT2D eigenvalue weighted by molar-refractivity contribution is 8.06. The first-order valence-electron chi connectivity index (χ1n) is 7.45. The van der Waals surface area contributed by atoms with Crippen molar-refractivity contribution in [1.29, 1.82) is 0 Å². The van der Waals surface area contributed by atoms with Crippen molar-refractivity contribution in [2.45, 2.75) is 23.8 Å². The van der Waals surface area contributed by atoms with Gasteiger partial charge in [0.05, 0.1) is 19.0 Å². The molecule has 0 aliphatic carbocycles. The molecular weight excluding hydrogens is 444 g/mol. The Balaban J connectivity index is 0. The van der Waals surface area contributed by atoms with Gasteiger partial charge in [-0.15, -0.1) is 12.4 Å². The molecule has 0 spiro atoms. The molecule has 164 valence electrons. The Kier molecular flexibility index (Phi) is 11.8. The number of halogens is 1. The van der Waals surface area contributed by atoms with Gasteiger partial charge in [-0.2, -0.15) is 21.9 Å². The third-order valence-electron chi connectivity index (χ3n) is 3.15. The zero-order valence-electron chi connectivity index (χ0n) is 15.3. The number of hydrogen-bond donors (Lipinski definition) is 3. The number of hydroxylamine groups is 2. The molecule has 0 aromatic carbocycles. The van der Waals surface area contributed by atoms with Crippen molar-refractivity contribution in [3.8, 4) is 0 Å². The fourth-order valence-corrected chi connectivity index (χ4v) is 4.09. The molecule has 2 amide bonds. The van der Waals surface area contributed by atoms with Crippen molar-refractivity contribution in [1.82, 2.24) is 9.96 Å². The van der Waals surface area contributed by atoms with Gasteiger partial charge in [-0.05, 0) is 34.0 Å². The van der Waals surface area contributed by atoms with Gasteiger partial charge in [-0.3, -0.25) is 23.9 Å². The van der Waals surface area contributed by atoms with E-state index in [0.29, 0.717) is 0 Å². The van der Waals surface area contributed by atoms with E-state index in [1.807, 2.05) is 6.92 Å². The van der Waals surface area contributed by atoms with Crippen LogP contribution in [0.5, 0.6) is 0 Å². The average Bonchev–Trinajstić information content (AvgIpc) is 2.75. The molecule has 0 radical (unpaired) electrons. The second-order valence-corrected chi connectivity index (χ2v) is 9.06. The topological polar surface area (TPSA) is 194 Å². The van der Waals surface area contributed by atoms with Crippen LogP contribution in [0.3, 0.4) is 0 Å². The van der Waals surface area contributed by atoms with Crippen LogP contribution in [0, 0.1) is 0 Å². The molecule has 1 saturated heterocycles. The number of nitrogens with zero attached hydrogens (tertiary/aromatic N) is 4. The van der Waals surface area contributed by atoms with Crippen molar-refractivity contribution in [3.05, 3.63) is 0 Å². The predicted molar refractivity (Wildman–Crippen MR) is 99.8 cm³/mol. The van der Waals surface area contributed by atoms with Crippen LogP contribution in [0.15, 0.2) is 9.98 Å². The monoisotopic (exact) mass is 466 g/mol. The molecular formula is C12H23ClN4O9S2. The van der Waals surface area contributed by atoms with Crippen molar-refractivity contribution in [2.24, 2.45) is 9.98 Å². The highest BCUT2D eigenvalue weighted by atomic mass is 35.5. The third kappa shape index (κ3) is 7.18. The fraction of sp³-hybridized carbons (Fsp3) is 0.750. The highest BCUT2D eigenvalue weighted by Gasteiger charge is 2.69.